The van der Waals surface area contributed by atoms with Crippen LogP contribution in [0.5, 0.6) is 0 Å². The number of nitrogens with zero attached hydrogens (tertiary/aromatic N) is 1. The molecule has 1 fully saturated rings. The van der Waals surface area contributed by atoms with Gasteiger partial charge in [0.2, 0.25) is 4.99 Å². The lowest BCUT2D eigenvalue weighted by Gasteiger charge is -2.39. The Balaban J connectivity index is 3.09. The number of nitrogens with two attached hydrogens (primary N) is 1. The first-order chi connectivity index (χ1) is 6.29. The molecule has 0 aromatic heterocycles. The average Bonchev–Trinajstić information content (AvgIpc) is 2.02. The predicted octanol–water partition coefficient (Wildman–Crippen LogP) is -0.349. The molecule has 0 saturated carbocycles. The fraction of sp³-hybridized carbons (Fsp3) is 0.833. The molecular formula is C6H12N2O5S. The summed E-state index contributed by atoms with van der Waals surface area (Å²) in [5.41, 5.74) is 5.39. The molecule has 8 heteroatoms. The van der Waals surface area contributed by atoms with Crippen LogP contribution in [0, 0.1) is 0 Å². The van der Waals surface area contributed by atoms with E-state index in [0.717, 1.165) is 0 Å². The molecule has 1 aliphatic rings. The van der Waals surface area contributed by atoms with Crippen molar-refractivity contribution < 1.29 is 22.9 Å². The van der Waals surface area contributed by atoms with Crippen LogP contribution in [0.2, 0.25) is 0 Å². The third-order valence-corrected chi connectivity index (χ3v) is 3.62. The Morgan fingerprint density at radius 2 is 2.00 bits per heavy atom. The van der Waals surface area contributed by atoms with Gasteiger partial charge >= 0.3 is 16.2 Å². The summed E-state index contributed by atoms with van der Waals surface area (Å²) in [4.78, 5) is 9.06. The number of amides is 1. The van der Waals surface area contributed by atoms with E-state index in [1.54, 1.807) is 0 Å². The zero-order valence-electron chi connectivity index (χ0n) is 7.38. The lowest BCUT2D eigenvalue weighted by Crippen LogP contribution is -2.64. The van der Waals surface area contributed by atoms with Crippen LogP contribution in [0.4, 0.5) is 4.79 Å². The summed E-state index contributed by atoms with van der Waals surface area (Å²) < 4.78 is 30.8. The number of hydrogen-bond acceptors (Lipinski definition) is 4. The molecule has 1 amide bonds. The van der Waals surface area contributed by atoms with Crippen LogP contribution >= 0.6 is 0 Å². The summed E-state index contributed by atoms with van der Waals surface area (Å²) in [6.45, 7) is 0.0195. The summed E-state index contributed by atoms with van der Waals surface area (Å²) in [6.07, 6.45) is -0.510. The Kier molecular flexibility index (Phi) is 2.70. The Morgan fingerprint density at radius 1 is 1.43 bits per heavy atom. The van der Waals surface area contributed by atoms with Crippen molar-refractivity contribution in [3.05, 3.63) is 0 Å². The van der Waals surface area contributed by atoms with E-state index >= 15 is 0 Å². The minimum absolute atomic E-state index is 0.0195. The summed E-state index contributed by atoms with van der Waals surface area (Å²) in [5, 5.41) is 8.71. The van der Waals surface area contributed by atoms with E-state index < -0.39 is 21.2 Å². The van der Waals surface area contributed by atoms with E-state index in [-0.39, 0.29) is 13.0 Å². The minimum atomic E-state index is -4.60. The first-order valence-corrected chi connectivity index (χ1v) is 5.49. The third kappa shape index (κ3) is 1.68. The number of carbonyl (C=O) groups is 1. The zero-order valence-corrected chi connectivity index (χ0v) is 8.20. The van der Waals surface area contributed by atoms with E-state index in [0.29, 0.717) is 17.7 Å². The van der Waals surface area contributed by atoms with E-state index in [1.165, 1.54) is 0 Å². The Labute approximate surface area is 81.2 Å². The molecule has 0 aliphatic carbocycles. The second kappa shape index (κ2) is 3.37. The van der Waals surface area contributed by atoms with Gasteiger partial charge in [0.15, 0.2) is 0 Å². The lowest BCUT2D eigenvalue weighted by atomic mass is 10.1. The molecule has 1 rings (SSSR count). The monoisotopic (exact) mass is 224 g/mol. The van der Waals surface area contributed by atoms with E-state index in [2.05, 4.69) is 0 Å². The Hall–Kier alpha value is -0.860. The van der Waals surface area contributed by atoms with Crippen molar-refractivity contribution in [2.75, 3.05) is 6.54 Å². The summed E-state index contributed by atoms with van der Waals surface area (Å²) >= 11 is 0. The highest BCUT2D eigenvalue weighted by Crippen LogP contribution is 2.27. The summed E-state index contributed by atoms with van der Waals surface area (Å²) in [6, 6.07) is 0. The Morgan fingerprint density at radius 3 is 2.36 bits per heavy atom. The van der Waals surface area contributed by atoms with E-state index in [9.17, 15) is 13.2 Å². The largest absolute Gasteiger partial charge is 0.465 e. The van der Waals surface area contributed by atoms with Crippen molar-refractivity contribution in [1.29, 1.82) is 0 Å². The number of likely N-dealkylation sites (tertiary alicyclic amines) is 1. The van der Waals surface area contributed by atoms with Gasteiger partial charge in [-0.3, -0.25) is 15.2 Å². The molecule has 0 spiro atoms. The average molecular weight is 224 g/mol. The normalized spacial score (nSPS) is 28.9. The van der Waals surface area contributed by atoms with Crippen LogP contribution in [0.15, 0.2) is 0 Å². The smallest absolute Gasteiger partial charge is 0.409 e. The standard InChI is InChI=1S/C6H12N2O5S/c7-6(14(11,12)13)3-1-2-4-8(6)5(9)10/h1-4,7H2,(H,9,10)(H,11,12,13). The van der Waals surface area contributed by atoms with Crippen molar-refractivity contribution in [3.8, 4) is 0 Å². The number of carboxylic acid groups (broad SMARTS) is 1. The number of rotatable bonds is 1. The maximum atomic E-state index is 10.9. The molecule has 7 nitrogen and oxygen atoms in total. The highest BCUT2D eigenvalue weighted by Gasteiger charge is 2.48. The van der Waals surface area contributed by atoms with Crippen molar-refractivity contribution in [3.63, 3.8) is 0 Å². The molecular weight excluding hydrogens is 212 g/mol. The zero-order chi connectivity index (χ0) is 11.0. The highest BCUT2D eigenvalue weighted by atomic mass is 32.2. The van der Waals surface area contributed by atoms with Crippen LogP contribution in [0.25, 0.3) is 0 Å². The molecule has 1 unspecified atom stereocenters. The van der Waals surface area contributed by atoms with Gasteiger partial charge in [0.25, 0.3) is 0 Å². The molecule has 1 heterocycles. The van der Waals surface area contributed by atoms with Crippen LogP contribution in [-0.4, -0.2) is 40.6 Å². The van der Waals surface area contributed by atoms with Gasteiger partial charge in [-0.15, -0.1) is 0 Å². The van der Waals surface area contributed by atoms with Gasteiger partial charge in [0.05, 0.1) is 0 Å². The van der Waals surface area contributed by atoms with Gasteiger partial charge in [-0.25, -0.2) is 4.79 Å². The summed E-state index contributed by atoms with van der Waals surface area (Å²) in [5.74, 6) is 0. The molecule has 4 N–H and O–H groups in total. The first-order valence-electron chi connectivity index (χ1n) is 4.05. The fourth-order valence-electron chi connectivity index (χ4n) is 1.50. The lowest BCUT2D eigenvalue weighted by molar-refractivity contribution is 0.0864. The predicted molar refractivity (Wildman–Crippen MR) is 47.0 cm³/mol. The molecule has 0 aromatic rings. The quantitative estimate of drug-likeness (QED) is 0.523. The van der Waals surface area contributed by atoms with E-state index in [4.69, 9.17) is 15.4 Å². The van der Waals surface area contributed by atoms with Crippen molar-refractivity contribution in [2.24, 2.45) is 5.73 Å². The summed E-state index contributed by atoms with van der Waals surface area (Å²) in [7, 11) is -4.60. The van der Waals surface area contributed by atoms with Crippen molar-refractivity contribution in [2.45, 2.75) is 24.3 Å². The molecule has 82 valence electrons. The number of piperidine rings is 1. The Bertz CT molecular complexity index is 340. The molecule has 1 aliphatic heterocycles. The molecule has 1 atom stereocenters. The first kappa shape index (κ1) is 11.2. The fourth-order valence-corrected chi connectivity index (χ4v) is 2.35. The number of hydrogen-bond donors (Lipinski definition) is 3. The van der Waals surface area contributed by atoms with Crippen molar-refractivity contribution in [1.82, 2.24) is 4.90 Å². The topological polar surface area (TPSA) is 121 Å². The van der Waals surface area contributed by atoms with Gasteiger partial charge < -0.3 is 5.11 Å². The molecule has 0 bridgehead atoms. The van der Waals surface area contributed by atoms with Crippen LogP contribution in [0.1, 0.15) is 19.3 Å². The second-order valence-corrected chi connectivity index (χ2v) is 4.87. The van der Waals surface area contributed by atoms with E-state index in [1.807, 2.05) is 0 Å². The van der Waals surface area contributed by atoms with Gasteiger partial charge in [0.1, 0.15) is 0 Å². The maximum absolute atomic E-state index is 10.9. The molecule has 0 aromatic carbocycles. The van der Waals surface area contributed by atoms with Crippen molar-refractivity contribution >= 4 is 16.2 Å². The molecule has 14 heavy (non-hydrogen) atoms. The molecule has 1 saturated heterocycles. The second-order valence-electron chi connectivity index (χ2n) is 3.21. The highest BCUT2D eigenvalue weighted by molar-refractivity contribution is 7.87. The molecule has 0 radical (unpaired) electrons. The third-order valence-electron chi connectivity index (χ3n) is 2.30. The minimum Gasteiger partial charge on any atom is -0.465 e. The van der Waals surface area contributed by atoms with Gasteiger partial charge in [-0.05, 0) is 12.8 Å². The van der Waals surface area contributed by atoms with Gasteiger partial charge in [-0.1, -0.05) is 0 Å². The maximum Gasteiger partial charge on any atom is 0.409 e. The van der Waals surface area contributed by atoms with Crippen LogP contribution in [-0.2, 0) is 10.1 Å². The van der Waals surface area contributed by atoms with Crippen LogP contribution < -0.4 is 5.73 Å². The SMILES string of the molecule is NC1(S(=O)(=O)O)CCCCN1C(=O)O. The van der Waals surface area contributed by atoms with Gasteiger partial charge in [0, 0.05) is 13.0 Å². The van der Waals surface area contributed by atoms with Gasteiger partial charge in [-0.2, -0.15) is 8.42 Å². The van der Waals surface area contributed by atoms with Crippen LogP contribution in [0.3, 0.4) is 0 Å².